The normalized spacial score (nSPS) is 9.50. The monoisotopic (exact) mass is 190 g/mol. The predicted molar refractivity (Wildman–Crippen MR) is 56.7 cm³/mol. The van der Waals surface area contributed by atoms with Gasteiger partial charge >= 0.3 is 0 Å². The zero-order chi connectivity index (χ0) is 10.4. The summed E-state index contributed by atoms with van der Waals surface area (Å²) >= 11 is 0. The Bertz CT molecular complexity index is 317. The van der Waals surface area contributed by atoms with Gasteiger partial charge in [0, 0.05) is 18.4 Å². The number of hydrogen-bond donors (Lipinski definition) is 1. The summed E-state index contributed by atoms with van der Waals surface area (Å²) in [6.45, 7) is 6.18. The van der Waals surface area contributed by atoms with Gasteiger partial charge in [-0.25, -0.2) is 0 Å². The Hall–Kier alpha value is -1.64. The zero-order valence-corrected chi connectivity index (χ0v) is 8.29. The number of nitrogens with one attached hydrogen (secondary N) is 1. The molecule has 74 valence electrons. The van der Waals surface area contributed by atoms with Crippen LogP contribution in [-0.4, -0.2) is 17.4 Å². The molecule has 1 heterocycles. The van der Waals surface area contributed by atoms with Crippen LogP contribution in [0.1, 0.15) is 18.2 Å². The second-order valence-electron chi connectivity index (χ2n) is 2.92. The molecular weight excluding hydrogens is 176 g/mol. The van der Waals surface area contributed by atoms with Crippen LogP contribution in [0, 0.1) is 0 Å². The predicted octanol–water partition coefficient (Wildman–Crippen LogP) is 1.40. The van der Waals surface area contributed by atoms with Crippen molar-refractivity contribution in [1.82, 2.24) is 10.3 Å². The Morgan fingerprint density at radius 1 is 1.64 bits per heavy atom. The first kappa shape index (κ1) is 10.4. The fourth-order valence-corrected chi connectivity index (χ4v) is 1.09. The number of amides is 1. The van der Waals surface area contributed by atoms with E-state index in [1.165, 1.54) is 0 Å². The van der Waals surface area contributed by atoms with Crippen molar-refractivity contribution in [2.24, 2.45) is 0 Å². The first-order valence-corrected chi connectivity index (χ1v) is 4.60. The summed E-state index contributed by atoms with van der Waals surface area (Å²) in [5.74, 6) is 0.00588. The van der Waals surface area contributed by atoms with Gasteiger partial charge in [-0.15, -0.1) is 0 Å². The first-order valence-electron chi connectivity index (χ1n) is 4.60. The van der Waals surface area contributed by atoms with Gasteiger partial charge in [-0.2, -0.15) is 0 Å². The van der Waals surface area contributed by atoms with Gasteiger partial charge in [0.2, 0.25) is 5.91 Å². The summed E-state index contributed by atoms with van der Waals surface area (Å²) in [6.07, 6.45) is 3.77. The minimum Gasteiger partial charge on any atom is -0.356 e. The van der Waals surface area contributed by atoms with Crippen LogP contribution < -0.4 is 5.32 Å². The lowest BCUT2D eigenvalue weighted by atomic mass is 10.2. The fourth-order valence-electron chi connectivity index (χ4n) is 1.09. The highest BCUT2D eigenvalue weighted by molar-refractivity contribution is 5.78. The first-order chi connectivity index (χ1) is 6.76. The molecule has 0 saturated heterocycles. The third kappa shape index (κ3) is 3.01. The largest absolute Gasteiger partial charge is 0.356 e. The fraction of sp³-hybridized carbons (Fsp3) is 0.273. The molecule has 0 aliphatic heterocycles. The Morgan fingerprint density at radius 3 is 2.93 bits per heavy atom. The summed E-state index contributed by atoms with van der Waals surface area (Å²) in [5.41, 5.74) is 1.74. The molecule has 14 heavy (non-hydrogen) atoms. The van der Waals surface area contributed by atoms with E-state index in [2.05, 4.69) is 16.9 Å². The lowest BCUT2D eigenvalue weighted by Crippen LogP contribution is -2.24. The third-order valence-corrected chi connectivity index (χ3v) is 1.80. The van der Waals surface area contributed by atoms with Crippen molar-refractivity contribution in [3.63, 3.8) is 0 Å². The molecule has 0 saturated carbocycles. The SMILES string of the molecule is C=Cc1ccc(CC(=O)NCC)nc1. The van der Waals surface area contributed by atoms with Gasteiger partial charge in [0.15, 0.2) is 0 Å². The van der Waals surface area contributed by atoms with Gasteiger partial charge in [-0.05, 0) is 18.6 Å². The standard InChI is InChI=1S/C11H14N2O/c1-3-9-5-6-10(13-8-9)7-11(14)12-4-2/h3,5-6,8H,1,4,7H2,2H3,(H,12,14). The quantitative estimate of drug-likeness (QED) is 0.779. The number of aromatic nitrogens is 1. The van der Waals surface area contributed by atoms with Crippen molar-refractivity contribution in [3.05, 3.63) is 36.2 Å². The van der Waals surface area contributed by atoms with Crippen molar-refractivity contribution in [2.45, 2.75) is 13.3 Å². The molecule has 1 rings (SSSR count). The number of pyridine rings is 1. The van der Waals surface area contributed by atoms with E-state index < -0.39 is 0 Å². The van der Waals surface area contributed by atoms with Crippen LogP contribution in [0.15, 0.2) is 24.9 Å². The lowest BCUT2D eigenvalue weighted by molar-refractivity contribution is -0.120. The summed E-state index contributed by atoms with van der Waals surface area (Å²) < 4.78 is 0. The average molecular weight is 190 g/mol. The number of hydrogen-bond acceptors (Lipinski definition) is 2. The van der Waals surface area contributed by atoms with E-state index in [9.17, 15) is 4.79 Å². The highest BCUT2D eigenvalue weighted by atomic mass is 16.1. The molecule has 3 heteroatoms. The van der Waals surface area contributed by atoms with Gasteiger partial charge in [-0.1, -0.05) is 18.7 Å². The summed E-state index contributed by atoms with van der Waals surface area (Å²) in [4.78, 5) is 15.3. The van der Waals surface area contributed by atoms with Crippen molar-refractivity contribution in [1.29, 1.82) is 0 Å². The Kier molecular flexibility index (Phi) is 3.85. The maximum absolute atomic E-state index is 11.2. The van der Waals surface area contributed by atoms with E-state index >= 15 is 0 Å². The molecule has 0 aliphatic carbocycles. The number of carbonyl (C=O) groups is 1. The summed E-state index contributed by atoms with van der Waals surface area (Å²) in [7, 11) is 0. The number of carbonyl (C=O) groups excluding carboxylic acids is 1. The molecule has 0 bridgehead atoms. The van der Waals surface area contributed by atoms with Crippen molar-refractivity contribution >= 4 is 12.0 Å². The van der Waals surface area contributed by atoms with Gasteiger partial charge in [0.1, 0.15) is 0 Å². The molecule has 1 N–H and O–H groups in total. The van der Waals surface area contributed by atoms with E-state index in [1.807, 2.05) is 19.1 Å². The van der Waals surface area contributed by atoms with Crippen LogP contribution in [0.5, 0.6) is 0 Å². The van der Waals surface area contributed by atoms with Crippen LogP contribution in [0.25, 0.3) is 6.08 Å². The molecule has 0 atom stereocenters. The molecule has 0 aromatic carbocycles. The van der Waals surface area contributed by atoms with E-state index in [0.29, 0.717) is 13.0 Å². The smallest absolute Gasteiger partial charge is 0.226 e. The molecule has 1 aromatic rings. The maximum atomic E-state index is 11.2. The maximum Gasteiger partial charge on any atom is 0.226 e. The highest BCUT2D eigenvalue weighted by Gasteiger charge is 2.01. The van der Waals surface area contributed by atoms with E-state index in [4.69, 9.17) is 0 Å². The molecule has 0 radical (unpaired) electrons. The topological polar surface area (TPSA) is 42.0 Å². The average Bonchev–Trinajstić information content (AvgIpc) is 2.19. The van der Waals surface area contributed by atoms with Gasteiger partial charge < -0.3 is 5.32 Å². The number of rotatable bonds is 4. The van der Waals surface area contributed by atoms with Crippen LogP contribution in [-0.2, 0) is 11.2 Å². The van der Waals surface area contributed by atoms with Crippen molar-refractivity contribution < 1.29 is 4.79 Å². The number of nitrogens with zero attached hydrogens (tertiary/aromatic N) is 1. The molecule has 0 aliphatic rings. The molecule has 3 nitrogen and oxygen atoms in total. The Labute approximate surface area is 83.9 Å². The molecule has 0 fully saturated rings. The zero-order valence-electron chi connectivity index (χ0n) is 8.29. The second kappa shape index (κ2) is 5.17. The van der Waals surface area contributed by atoms with Gasteiger partial charge in [-0.3, -0.25) is 9.78 Å². The molecule has 1 amide bonds. The summed E-state index contributed by atoms with van der Waals surface area (Å²) in [6, 6.07) is 3.74. The molecule has 0 unspecified atom stereocenters. The van der Waals surface area contributed by atoms with Gasteiger partial charge in [0.25, 0.3) is 0 Å². The highest BCUT2D eigenvalue weighted by Crippen LogP contribution is 2.01. The minimum atomic E-state index is 0.00588. The van der Waals surface area contributed by atoms with Crippen molar-refractivity contribution in [3.8, 4) is 0 Å². The molecule has 1 aromatic heterocycles. The van der Waals surface area contributed by atoms with Crippen LogP contribution in [0.3, 0.4) is 0 Å². The van der Waals surface area contributed by atoms with Crippen LogP contribution in [0.2, 0.25) is 0 Å². The van der Waals surface area contributed by atoms with Crippen LogP contribution in [0.4, 0.5) is 0 Å². The minimum absolute atomic E-state index is 0.00588. The van der Waals surface area contributed by atoms with Gasteiger partial charge in [0.05, 0.1) is 6.42 Å². The Morgan fingerprint density at radius 2 is 2.43 bits per heavy atom. The van der Waals surface area contributed by atoms with Crippen molar-refractivity contribution in [2.75, 3.05) is 6.54 Å². The lowest BCUT2D eigenvalue weighted by Gasteiger charge is -2.01. The van der Waals surface area contributed by atoms with E-state index in [1.54, 1.807) is 12.3 Å². The molecule has 0 spiro atoms. The van der Waals surface area contributed by atoms with E-state index in [0.717, 1.165) is 11.3 Å². The second-order valence-corrected chi connectivity index (χ2v) is 2.92. The summed E-state index contributed by atoms with van der Waals surface area (Å²) in [5, 5.41) is 2.72. The Balaban J connectivity index is 2.59. The number of likely N-dealkylation sites (N-methyl/N-ethyl adjacent to an activating group) is 1. The molecular formula is C11H14N2O. The third-order valence-electron chi connectivity index (χ3n) is 1.80. The van der Waals surface area contributed by atoms with E-state index in [-0.39, 0.29) is 5.91 Å². The van der Waals surface area contributed by atoms with Crippen LogP contribution >= 0.6 is 0 Å².